The number of carbonyl (C=O) groups excluding carboxylic acids is 1. The van der Waals surface area contributed by atoms with E-state index < -0.39 is 0 Å². The zero-order valence-corrected chi connectivity index (χ0v) is 18.6. The van der Waals surface area contributed by atoms with E-state index in [-0.39, 0.29) is 12.3 Å². The van der Waals surface area contributed by atoms with Gasteiger partial charge in [-0.25, -0.2) is 4.98 Å². The average Bonchev–Trinajstić information content (AvgIpc) is 3.19. The van der Waals surface area contributed by atoms with Gasteiger partial charge in [0.25, 0.3) is 0 Å². The Morgan fingerprint density at radius 3 is 2.80 bits per heavy atom. The molecule has 3 aromatic rings. The van der Waals surface area contributed by atoms with Gasteiger partial charge in [-0.15, -0.1) is 11.3 Å². The van der Waals surface area contributed by atoms with E-state index in [1.807, 2.05) is 5.38 Å². The summed E-state index contributed by atoms with van der Waals surface area (Å²) in [5, 5.41) is 6.58. The summed E-state index contributed by atoms with van der Waals surface area (Å²) in [5.74, 6) is -0.169. The number of nitrogens with zero attached hydrogens (tertiary/aromatic N) is 2. The topological polar surface area (TPSA) is 54.5 Å². The molecule has 156 valence electrons. The quantitative estimate of drug-likeness (QED) is 0.552. The summed E-state index contributed by atoms with van der Waals surface area (Å²) in [6.45, 7) is 4.40. The first-order valence-corrected chi connectivity index (χ1v) is 11.3. The number of anilines is 1. The maximum Gasteiger partial charge on any atom is 0.230 e. The first-order chi connectivity index (χ1) is 14.6. The van der Waals surface area contributed by atoms with Crippen LogP contribution in [0, 0.1) is 0 Å². The molecule has 0 unspecified atom stereocenters. The van der Waals surface area contributed by atoms with Crippen molar-refractivity contribution in [2.24, 2.45) is 0 Å². The molecule has 0 spiro atoms. The first-order valence-electron chi connectivity index (χ1n) is 9.65. The van der Waals surface area contributed by atoms with E-state index in [4.69, 9.17) is 27.9 Å². The van der Waals surface area contributed by atoms with Gasteiger partial charge in [0, 0.05) is 35.6 Å². The van der Waals surface area contributed by atoms with Crippen molar-refractivity contribution in [2.45, 2.75) is 13.0 Å². The molecule has 1 aliphatic rings. The Balaban J connectivity index is 1.40. The number of aromatic nitrogens is 1. The van der Waals surface area contributed by atoms with E-state index in [2.05, 4.69) is 39.5 Å². The van der Waals surface area contributed by atoms with Gasteiger partial charge in [0.2, 0.25) is 5.91 Å². The average molecular weight is 462 g/mol. The van der Waals surface area contributed by atoms with Crippen LogP contribution < -0.4 is 5.32 Å². The lowest BCUT2D eigenvalue weighted by Gasteiger charge is -2.26. The summed E-state index contributed by atoms with van der Waals surface area (Å²) in [6, 6.07) is 13.4. The fourth-order valence-electron chi connectivity index (χ4n) is 3.29. The normalized spacial score (nSPS) is 14.6. The van der Waals surface area contributed by atoms with Crippen molar-refractivity contribution >= 4 is 46.1 Å². The van der Waals surface area contributed by atoms with Crippen LogP contribution in [0.25, 0.3) is 10.6 Å². The van der Waals surface area contributed by atoms with Crippen molar-refractivity contribution < 1.29 is 9.53 Å². The summed E-state index contributed by atoms with van der Waals surface area (Å²) in [5.41, 5.74) is 3.59. The summed E-state index contributed by atoms with van der Waals surface area (Å²) in [6.07, 6.45) is 0.183. The Labute approximate surface area is 189 Å². The Kier molecular flexibility index (Phi) is 7.02. The number of carbonyl (C=O) groups is 1. The van der Waals surface area contributed by atoms with Crippen molar-refractivity contribution in [1.82, 2.24) is 9.88 Å². The van der Waals surface area contributed by atoms with Gasteiger partial charge in [-0.05, 0) is 29.8 Å². The van der Waals surface area contributed by atoms with Crippen LogP contribution in [0.1, 0.15) is 11.3 Å². The molecular formula is C22H21Cl2N3O2S. The highest BCUT2D eigenvalue weighted by Gasteiger charge is 2.13. The van der Waals surface area contributed by atoms with Crippen LogP contribution >= 0.6 is 34.5 Å². The smallest absolute Gasteiger partial charge is 0.230 e. The third-order valence-corrected chi connectivity index (χ3v) is 6.27. The minimum absolute atomic E-state index is 0.169. The second-order valence-corrected chi connectivity index (χ2v) is 8.78. The zero-order chi connectivity index (χ0) is 20.9. The predicted molar refractivity (Wildman–Crippen MR) is 122 cm³/mol. The van der Waals surface area contributed by atoms with Gasteiger partial charge >= 0.3 is 0 Å². The molecule has 4 rings (SSSR count). The minimum atomic E-state index is -0.169. The lowest BCUT2D eigenvalue weighted by molar-refractivity contribution is -0.115. The Morgan fingerprint density at radius 2 is 2.00 bits per heavy atom. The molecule has 8 heteroatoms. The summed E-state index contributed by atoms with van der Waals surface area (Å²) in [4.78, 5) is 19.4. The predicted octanol–water partition coefficient (Wildman–Crippen LogP) is 5.13. The van der Waals surface area contributed by atoms with Crippen molar-refractivity contribution in [3.8, 4) is 10.6 Å². The van der Waals surface area contributed by atoms with E-state index in [1.54, 1.807) is 29.5 Å². The van der Waals surface area contributed by atoms with Crippen LogP contribution in [0.15, 0.2) is 47.8 Å². The molecule has 1 aromatic heterocycles. The van der Waals surface area contributed by atoms with Crippen molar-refractivity contribution in [3.05, 3.63) is 69.1 Å². The second-order valence-electron chi connectivity index (χ2n) is 7.08. The van der Waals surface area contributed by atoms with Gasteiger partial charge in [0.15, 0.2) is 0 Å². The molecule has 0 saturated carbocycles. The molecule has 30 heavy (non-hydrogen) atoms. The highest BCUT2D eigenvalue weighted by Crippen LogP contribution is 2.27. The Hall–Kier alpha value is -1.96. The van der Waals surface area contributed by atoms with Gasteiger partial charge in [-0.3, -0.25) is 9.69 Å². The number of ether oxygens (including phenoxy) is 1. The summed E-state index contributed by atoms with van der Waals surface area (Å²) < 4.78 is 5.42. The highest BCUT2D eigenvalue weighted by molar-refractivity contribution is 7.13. The van der Waals surface area contributed by atoms with Gasteiger partial charge in [0.1, 0.15) is 5.01 Å². The summed E-state index contributed by atoms with van der Waals surface area (Å²) in [7, 11) is 0. The third kappa shape index (κ3) is 5.59. The van der Waals surface area contributed by atoms with Crippen LogP contribution in [0.4, 0.5) is 5.69 Å². The van der Waals surface area contributed by atoms with Crippen LogP contribution in [0.5, 0.6) is 0 Å². The van der Waals surface area contributed by atoms with Gasteiger partial charge < -0.3 is 10.1 Å². The molecule has 1 amide bonds. The number of nitrogens with one attached hydrogen (secondary N) is 1. The van der Waals surface area contributed by atoms with Crippen LogP contribution in [-0.4, -0.2) is 42.1 Å². The number of benzene rings is 2. The molecule has 1 aliphatic heterocycles. The molecule has 0 atom stereocenters. The first kappa shape index (κ1) is 21.3. The molecule has 2 aromatic carbocycles. The lowest BCUT2D eigenvalue weighted by atomic mass is 10.1. The van der Waals surface area contributed by atoms with Crippen LogP contribution in [0.2, 0.25) is 10.0 Å². The van der Waals surface area contributed by atoms with Gasteiger partial charge in [0.05, 0.1) is 36.0 Å². The Morgan fingerprint density at radius 1 is 1.17 bits per heavy atom. The monoisotopic (exact) mass is 461 g/mol. The molecule has 1 saturated heterocycles. The van der Waals surface area contributed by atoms with E-state index in [1.165, 1.54) is 5.56 Å². The van der Waals surface area contributed by atoms with Gasteiger partial charge in [-0.1, -0.05) is 41.4 Å². The second kappa shape index (κ2) is 9.90. The molecule has 0 bridgehead atoms. The minimum Gasteiger partial charge on any atom is -0.379 e. The van der Waals surface area contributed by atoms with Crippen molar-refractivity contribution in [2.75, 3.05) is 31.6 Å². The number of amides is 1. The highest BCUT2D eigenvalue weighted by atomic mass is 35.5. The van der Waals surface area contributed by atoms with Crippen molar-refractivity contribution in [3.63, 3.8) is 0 Å². The van der Waals surface area contributed by atoms with Crippen LogP contribution in [0.3, 0.4) is 0 Å². The molecular weight excluding hydrogens is 441 g/mol. The van der Waals surface area contributed by atoms with Gasteiger partial charge in [-0.2, -0.15) is 0 Å². The van der Waals surface area contributed by atoms with Crippen LogP contribution in [-0.2, 0) is 22.5 Å². The summed E-state index contributed by atoms with van der Waals surface area (Å²) >= 11 is 13.6. The number of hydrogen-bond donors (Lipinski definition) is 1. The fraction of sp³-hybridized carbons (Fsp3) is 0.273. The maximum absolute atomic E-state index is 12.4. The largest absolute Gasteiger partial charge is 0.379 e. The number of rotatable bonds is 6. The SMILES string of the molecule is O=C(Cc1csc(-c2cccc(CN3CCOCC3)c2)n1)Nc1ccc(Cl)cc1Cl. The number of morpholine rings is 1. The van der Waals surface area contributed by atoms with E-state index in [0.29, 0.717) is 15.7 Å². The number of thiazole rings is 1. The van der Waals surface area contributed by atoms with E-state index in [9.17, 15) is 4.79 Å². The molecule has 5 nitrogen and oxygen atoms in total. The van der Waals surface area contributed by atoms with E-state index >= 15 is 0 Å². The molecule has 1 fully saturated rings. The van der Waals surface area contributed by atoms with E-state index in [0.717, 1.165) is 49.1 Å². The molecule has 0 aliphatic carbocycles. The Bertz CT molecular complexity index is 1030. The molecule has 1 N–H and O–H groups in total. The standard InChI is InChI=1S/C22H21Cl2N3O2S/c23-17-4-5-20(19(24)11-17)26-21(28)12-18-14-30-22(25-18)16-3-1-2-15(10-16)13-27-6-8-29-9-7-27/h1-5,10-11,14H,6-9,12-13H2,(H,26,28). The lowest BCUT2D eigenvalue weighted by Crippen LogP contribution is -2.35. The third-order valence-electron chi connectivity index (χ3n) is 4.78. The number of hydrogen-bond acceptors (Lipinski definition) is 5. The van der Waals surface area contributed by atoms with Crippen molar-refractivity contribution in [1.29, 1.82) is 0 Å². The number of halogens is 2. The zero-order valence-electron chi connectivity index (χ0n) is 16.2. The maximum atomic E-state index is 12.4. The molecule has 0 radical (unpaired) electrons. The fourth-order valence-corrected chi connectivity index (χ4v) is 4.56. The molecule has 2 heterocycles.